The summed E-state index contributed by atoms with van der Waals surface area (Å²) in [6.45, 7) is 5.67. The summed E-state index contributed by atoms with van der Waals surface area (Å²) in [5, 5.41) is 3.66. The van der Waals surface area contributed by atoms with Crippen molar-refractivity contribution in [3.8, 4) is 0 Å². The van der Waals surface area contributed by atoms with E-state index >= 15 is 0 Å². The summed E-state index contributed by atoms with van der Waals surface area (Å²) in [7, 11) is 0. The Morgan fingerprint density at radius 2 is 1.71 bits per heavy atom. The molecule has 4 amide bonds. The van der Waals surface area contributed by atoms with Crippen LogP contribution in [-0.4, -0.2) is 52.1 Å². The maximum atomic E-state index is 13.3. The Kier molecular flexibility index (Phi) is 8.77. The number of hydrogen-bond acceptors (Lipinski definition) is 4. The SMILES string of the molecule is CC[C@H](C)NC(=O)[C@H](C)N(Cc1ccc(Cl)c(Cl)c1)C(=O)CCN1C(=O)[C@H]2CC=CC[C@H]2C1=O. The highest BCUT2D eigenvalue weighted by atomic mass is 35.5. The van der Waals surface area contributed by atoms with Crippen LogP contribution in [0.2, 0.25) is 10.0 Å². The van der Waals surface area contributed by atoms with Crippen LogP contribution in [0.5, 0.6) is 0 Å². The van der Waals surface area contributed by atoms with E-state index in [4.69, 9.17) is 23.2 Å². The summed E-state index contributed by atoms with van der Waals surface area (Å²) in [5.41, 5.74) is 0.719. The van der Waals surface area contributed by atoms with Crippen LogP contribution in [0.4, 0.5) is 0 Å². The predicted octanol–water partition coefficient (Wildman–Crippen LogP) is 3.97. The zero-order chi connectivity index (χ0) is 25.0. The van der Waals surface area contributed by atoms with Crippen LogP contribution in [0.15, 0.2) is 30.4 Å². The second kappa shape index (κ2) is 11.4. The number of carbonyl (C=O) groups is 4. The van der Waals surface area contributed by atoms with Crippen LogP contribution in [0.25, 0.3) is 0 Å². The molecule has 7 nitrogen and oxygen atoms in total. The molecule has 184 valence electrons. The van der Waals surface area contributed by atoms with E-state index < -0.39 is 6.04 Å². The van der Waals surface area contributed by atoms with Gasteiger partial charge in [0.05, 0.1) is 21.9 Å². The summed E-state index contributed by atoms with van der Waals surface area (Å²) >= 11 is 12.2. The second-order valence-corrected chi connectivity index (χ2v) is 9.81. The molecule has 0 aromatic heterocycles. The monoisotopic (exact) mass is 507 g/mol. The Balaban J connectivity index is 1.74. The summed E-state index contributed by atoms with van der Waals surface area (Å²) in [6.07, 6.45) is 5.66. The minimum absolute atomic E-state index is 0.00107. The predicted molar refractivity (Wildman–Crippen MR) is 131 cm³/mol. The van der Waals surface area contributed by atoms with Crippen molar-refractivity contribution in [1.29, 1.82) is 0 Å². The molecule has 1 aromatic rings. The highest BCUT2D eigenvalue weighted by Gasteiger charge is 2.47. The number of nitrogens with one attached hydrogen (secondary N) is 1. The molecule has 2 aliphatic rings. The highest BCUT2D eigenvalue weighted by Crippen LogP contribution is 2.35. The van der Waals surface area contributed by atoms with E-state index in [1.54, 1.807) is 25.1 Å². The molecule has 0 saturated carbocycles. The van der Waals surface area contributed by atoms with Gasteiger partial charge in [-0.25, -0.2) is 0 Å². The van der Waals surface area contributed by atoms with Gasteiger partial charge < -0.3 is 10.2 Å². The molecule has 1 saturated heterocycles. The zero-order valence-corrected chi connectivity index (χ0v) is 21.2. The lowest BCUT2D eigenvalue weighted by Crippen LogP contribution is -2.50. The molecule has 0 spiro atoms. The van der Waals surface area contributed by atoms with Crippen LogP contribution >= 0.6 is 23.2 Å². The Bertz CT molecular complexity index is 970. The van der Waals surface area contributed by atoms with Crippen molar-refractivity contribution in [1.82, 2.24) is 15.1 Å². The number of benzene rings is 1. The van der Waals surface area contributed by atoms with Gasteiger partial charge in [0, 0.05) is 25.6 Å². The van der Waals surface area contributed by atoms with Crippen molar-refractivity contribution in [2.24, 2.45) is 11.8 Å². The average Bonchev–Trinajstić information content (AvgIpc) is 3.07. The lowest BCUT2D eigenvalue weighted by atomic mass is 9.85. The molecule has 34 heavy (non-hydrogen) atoms. The minimum Gasteiger partial charge on any atom is -0.352 e. The number of hydrogen-bond donors (Lipinski definition) is 1. The van der Waals surface area contributed by atoms with Crippen LogP contribution in [0.3, 0.4) is 0 Å². The van der Waals surface area contributed by atoms with E-state index in [-0.39, 0.29) is 61.0 Å². The lowest BCUT2D eigenvalue weighted by Gasteiger charge is -2.30. The van der Waals surface area contributed by atoms with Crippen molar-refractivity contribution >= 4 is 46.8 Å². The van der Waals surface area contributed by atoms with Gasteiger partial charge in [-0.3, -0.25) is 24.1 Å². The smallest absolute Gasteiger partial charge is 0.242 e. The molecule has 1 N–H and O–H groups in total. The van der Waals surface area contributed by atoms with Gasteiger partial charge in [-0.2, -0.15) is 0 Å². The number of allylic oxidation sites excluding steroid dienone is 2. The molecule has 3 rings (SSSR count). The first-order valence-electron chi connectivity index (χ1n) is 11.7. The number of carbonyl (C=O) groups excluding carboxylic acids is 4. The molecule has 1 heterocycles. The standard InChI is InChI=1S/C25H31Cl2N3O4/c1-4-15(2)28-23(32)16(3)30(14-17-9-10-20(26)21(27)13-17)22(31)11-12-29-24(33)18-7-5-6-8-19(18)25(29)34/h5-6,9-10,13,15-16,18-19H,4,7-8,11-12,14H2,1-3H3,(H,28,32)/t15-,16-,18-,19+/m0/s1. The number of likely N-dealkylation sites (tertiary alicyclic amines) is 1. The van der Waals surface area contributed by atoms with Crippen LogP contribution in [0, 0.1) is 11.8 Å². The van der Waals surface area contributed by atoms with Gasteiger partial charge >= 0.3 is 0 Å². The molecular weight excluding hydrogens is 477 g/mol. The lowest BCUT2D eigenvalue weighted by molar-refractivity contribution is -0.143. The Morgan fingerprint density at radius 3 is 2.26 bits per heavy atom. The van der Waals surface area contributed by atoms with E-state index in [1.807, 2.05) is 26.0 Å². The highest BCUT2D eigenvalue weighted by molar-refractivity contribution is 6.42. The van der Waals surface area contributed by atoms with Crippen molar-refractivity contribution in [3.63, 3.8) is 0 Å². The fraction of sp³-hybridized carbons (Fsp3) is 0.520. The third kappa shape index (κ3) is 5.81. The largest absolute Gasteiger partial charge is 0.352 e. The molecule has 0 radical (unpaired) electrons. The van der Waals surface area contributed by atoms with Gasteiger partial charge in [0.2, 0.25) is 23.6 Å². The van der Waals surface area contributed by atoms with Crippen molar-refractivity contribution in [2.75, 3.05) is 6.54 Å². The minimum atomic E-state index is -0.757. The van der Waals surface area contributed by atoms with Gasteiger partial charge in [0.1, 0.15) is 6.04 Å². The molecule has 1 aliphatic carbocycles. The van der Waals surface area contributed by atoms with E-state index in [0.717, 1.165) is 12.0 Å². The van der Waals surface area contributed by atoms with Crippen LogP contribution < -0.4 is 5.32 Å². The Morgan fingerprint density at radius 1 is 1.09 bits per heavy atom. The maximum absolute atomic E-state index is 13.3. The average molecular weight is 508 g/mol. The molecule has 0 bridgehead atoms. The number of imide groups is 1. The van der Waals surface area contributed by atoms with Gasteiger partial charge in [-0.1, -0.05) is 48.3 Å². The van der Waals surface area contributed by atoms with E-state index in [1.165, 1.54) is 9.80 Å². The van der Waals surface area contributed by atoms with Crippen molar-refractivity contribution in [3.05, 3.63) is 46.0 Å². The first-order valence-corrected chi connectivity index (χ1v) is 12.4. The van der Waals surface area contributed by atoms with E-state index in [2.05, 4.69) is 5.32 Å². The van der Waals surface area contributed by atoms with Crippen molar-refractivity contribution in [2.45, 2.75) is 65.1 Å². The number of nitrogens with zero attached hydrogens (tertiary/aromatic N) is 2. The third-order valence-electron chi connectivity index (χ3n) is 6.65. The fourth-order valence-corrected chi connectivity index (χ4v) is 4.64. The zero-order valence-electron chi connectivity index (χ0n) is 19.7. The van der Waals surface area contributed by atoms with Crippen LogP contribution in [-0.2, 0) is 25.7 Å². The first-order chi connectivity index (χ1) is 16.1. The van der Waals surface area contributed by atoms with Crippen LogP contribution in [0.1, 0.15) is 52.0 Å². The second-order valence-electron chi connectivity index (χ2n) is 9.00. The molecule has 0 unspecified atom stereocenters. The maximum Gasteiger partial charge on any atom is 0.242 e. The summed E-state index contributed by atoms with van der Waals surface area (Å²) in [5.74, 6) is -1.70. The molecule has 1 fully saturated rings. The topological polar surface area (TPSA) is 86.8 Å². The number of rotatable bonds is 9. The van der Waals surface area contributed by atoms with E-state index in [9.17, 15) is 19.2 Å². The Hall–Kier alpha value is -2.38. The molecule has 4 atom stereocenters. The normalized spacial score (nSPS) is 21.3. The van der Waals surface area contributed by atoms with Crippen molar-refractivity contribution < 1.29 is 19.2 Å². The van der Waals surface area contributed by atoms with Gasteiger partial charge in [-0.05, 0) is 50.8 Å². The first kappa shape index (κ1) is 26.2. The summed E-state index contributed by atoms with van der Waals surface area (Å²) in [4.78, 5) is 54.3. The van der Waals surface area contributed by atoms with E-state index in [0.29, 0.717) is 22.9 Å². The quantitative estimate of drug-likeness (QED) is 0.404. The molecular formula is C25H31Cl2N3O4. The van der Waals surface area contributed by atoms with Gasteiger partial charge in [0.15, 0.2) is 0 Å². The summed E-state index contributed by atoms with van der Waals surface area (Å²) in [6, 6.07) is 4.26. The number of halogens is 2. The molecule has 9 heteroatoms. The Labute approximate surface area is 210 Å². The molecule has 1 aliphatic heterocycles. The summed E-state index contributed by atoms with van der Waals surface area (Å²) < 4.78 is 0. The third-order valence-corrected chi connectivity index (χ3v) is 7.39. The number of amides is 4. The van der Waals surface area contributed by atoms with Gasteiger partial charge in [-0.15, -0.1) is 0 Å². The molecule has 1 aromatic carbocycles. The van der Waals surface area contributed by atoms with Gasteiger partial charge in [0.25, 0.3) is 0 Å². The number of fused-ring (bicyclic) bond motifs is 1. The fourth-order valence-electron chi connectivity index (χ4n) is 4.32.